The Balaban J connectivity index is 1.45. The number of fused-ring (bicyclic) bond motifs is 1. The maximum absolute atomic E-state index is 13.2. The summed E-state index contributed by atoms with van der Waals surface area (Å²) >= 11 is 1.35. The molecule has 0 atom stereocenters. The third-order valence-corrected chi connectivity index (χ3v) is 6.11. The Bertz CT molecular complexity index is 1520. The maximum atomic E-state index is 13.2. The molecule has 0 bridgehead atoms. The molecule has 5 aromatic rings. The third-order valence-electron chi connectivity index (χ3n) is 5.14. The predicted molar refractivity (Wildman–Crippen MR) is 132 cm³/mol. The Morgan fingerprint density at radius 3 is 2.65 bits per heavy atom. The zero-order valence-corrected chi connectivity index (χ0v) is 19.1. The molecular formula is C24H21N7O2S. The molecule has 10 heteroatoms. The number of rotatable bonds is 7. The lowest BCUT2D eigenvalue weighted by Crippen LogP contribution is -2.23. The molecule has 0 unspecified atom stereocenters. The van der Waals surface area contributed by atoms with E-state index in [1.807, 2.05) is 55.5 Å². The summed E-state index contributed by atoms with van der Waals surface area (Å²) in [7, 11) is 0. The van der Waals surface area contributed by atoms with E-state index in [1.165, 1.54) is 11.8 Å². The van der Waals surface area contributed by atoms with Crippen molar-refractivity contribution in [3.8, 4) is 0 Å². The molecule has 0 saturated carbocycles. The number of aromatic nitrogens is 5. The van der Waals surface area contributed by atoms with Crippen LogP contribution in [0, 0.1) is 6.92 Å². The Morgan fingerprint density at radius 2 is 1.82 bits per heavy atom. The molecule has 0 spiro atoms. The number of benzene rings is 2. The van der Waals surface area contributed by atoms with Gasteiger partial charge in [-0.1, -0.05) is 42.1 Å². The zero-order chi connectivity index (χ0) is 23.5. The Labute approximate surface area is 199 Å². The topological polar surface area (TPSA) is 125 Å². The van der Waals surface area contributed by atoms with Crippen molar-refractivity contribution in [1.29, 1.82) is 0 Å². The number of nitrogens with one attached hydrogen (secondary N) is 1. The van der Waals surface area contributed by atoms with Crippen molar-refractivity contribution >= 4 is 40.2 Å². The van der Waals surface area contributed by atoms with E-state index < -0.39 is 0 Å². The quantitative estimate of drug-likeness (QED) is 0.266. The van der Waals surface area contributed by atoms with Crippen LogP contribution in [-0.4, -0.2) is 24.5 Å². The van der Waals surface area contributed by atoms with Gasteiger partial charge in [-0.25, -0.2) is 4.98 Å². The first-order valence-electron chi connectivity index (χ1n) is 10.5. The van der Waals surface area contributed by atoms with Gasteiger partial charge in [-0.15, -0.1) is 0 Å². The average molecular weight is 472 g/mol. The summed E-state index contributed by atoms with van der Waals surface area (Å²) in [5.74, 6) is 1.95. The monoisotopic (exact) mass is 471 g/mol. The van der Waals surface area contributed by atoms with E-state index in [0.29, 0.717) is 39.3 Å². The number of hydrogen-bond acceptors (Lipinski definition) is 9. The summed E-state index contributed by atoms with van der Waals surface area (Å²) in [5.41, 5.74) is 8.37. The summed E-state index contributed by atoms with van der Waals surface area (Å²) in [4.78, 5) is 30.9. The van der Waals surface area contributed by atoms with Crippen LogP contribution in [0.4, 0.5) is 17.6 Å². The number of furan rings is 1. The van der Waals surface area contributed by atoms with Gasteiger partial charge >= 0.3 is 0 Å². The summed E-state index contributed by atoms with van der Waals surface area (Å²) in [5, 5.41) is 4.27. The Morgan fingerprint density at radius 1 is 1.00 bits per heavy atom. The summed E-state index contributed by atoms with van der Waals surface area (Å²) < 4.78 is 7.07. The number of hydrogen-bond donors (Lipinski definition) is 2. The molecule has 0 saturated heterocycles. The fraction of sp³-hybridized carbons (Fsp3) is 0.125. The first-order valence-corrected chi connectivity index (χ1v) is 11.5. The van der Waals surface area contributed by atoms with Crippen molar-refractivity contribution in [1.82, 2.24) is 24.5 Å². The molecule has 3 N–H and O–H groups in total. The second-order valence-electron chi connectivity index (χ2n) is 7.54. The van der Waals surface area contributed by atoms with Gasteiger partial charge in [0.1, 0.15) is 11.6 Å². The molecule has 2 aromatic carbocycles. The van der Waals surface area contributed by atoms with Crippen LogP contribution in [0.5, 0.6) is 0 Å². The largest absolute Gasteiger partial charge is 0.467 e. The maximum Gasteiger partial charge on any atom is 0.262 e. The summed E-state index contributed by atoms with van der Waals surface area (Å²) in [6.07, 6.45) is 1.58. The van der Waals surface area contributed by atoms with Gasteiger partial charge in [-0.3, -0.25) is 9.36 Å². The van der Waals surface area contributed by atoms with Crippen LogP contribution in [0.2, 0.25) is 0 Å². The van der Waals surface area contributed by atoms with E-state index in [9.17, 15) is 4.79 Å². The lowest BCUT2D eigenvalue weighted by Gasteiger charge is -2.12. The van der Waals surface area contributed by atoms with Crippen LogP contribution in [0.25, 0.3) is 10.9 Å². The third kappa shape index (κ3) is 4.62. The van der Waals surface area contributed by atoms with Crippen LogP contribution in [0.1, 0.15) is 17.1 Å². The van der Waals surface area contributed by atoms with E-state index in [4.69, 9.17) is 15.1 Å². The highest BCUT2D eigenvalue weighted by Crippen LogP contribution is 2.23. The van der Waals surface area contributed by atoms with Crippen molar-refractivity contribution in [2.75, 3.05) is 11.1 Å². The average Bonchev–Trinajstić information content (AvgIpc) is 3.34. The smallest absolute Gasteiger partial charge is 0.262 e. The first kappa shape index (κ1) is 21.7. The van der Waals surface area contributed by atoms with Gasteiger partial charge in [0.15, 0.2) is 5.16 Å². The Hall–Kier alpha value is -4.18. The van der Waals surface area contributed by atoms with Gasteiger partial charge in [0.2, 0.25) is 11.9 Å². The van der Waals surface area contributed by atoms with E-state index in [1.54, 1.807) is 23.0 Å². The van der Waals surface area contributed by atoms with Gasteiger partial charge in [-0.05, 0) is 42.8 Å². The van der Waals surface area contributed by atoms with E-state index in [0.717, 1.165) is 11.3 Å². The molecule has 0 radical (unpaired) electrons. The van der Waals surface area contributed by atoms with Crippen molar-refractivity contribution in [3.63, 3.8) is 0 Å². The van der Waals surface area contributed by atoms with Gasteiger partial charge in [-0.2, -0.15) is 15.0 Å². The number of nitrogen functional groups attached to an aromatic ring is 1. The molecule has 0 fully saturated rings. The number of aryl methyl sites for hydroxylation is 1. The summed E-state index contributed by atoms with van der Waals surface area (Å²) in [6, 6.07) is 18.7. The van der Waals surface area contributed by atoms with Gasteiger partial charge in [0.25, 0.3) is 5.56 Å². The molecule has 0 aliphatic heterocycles. The zero-order valence-electron chi connectivity index (χ0n) is 18.3. The van der Waals surface area contributed by atoms with Gasteiger partial charge < -0.3 is 15.5 Å². The second kappa shape index (κ2) is 9.36. The number of nitrogens with zero attached hydrogens (tertiary/aromatic N) is 5. The molecule has 0 aliphatic carbocycles. The molecule has 3 aromatic heterocycles. The fourth-order valence-electron chi connectivity index (χ4n) is 3.48. The fourth-order valence-corrected chi connectivity index (χ4v) is 4.33. The molecular weight excluding hydrogens is 450 g/mol. The van der Waals surface area contributed by atoms with Crippen LogP contribution in [-0.2, 0) is 12.3 Å². The van der Waals surface area contributed by atoms with Crippen LogP contribution in [0.3, 0.4) is 0 Å². The molecule has 170 valence electrons. The lowest BCUT2D eigenvalue weighted by atomic mass is 10.2. The molecule has 0 aliphatic rings. The van der Waals surface area contributed by atoms with E-state index in [-0.39, 0.29) is 18.1 Å². The Kier molecular flexibility index (Phi) is 5.96. The van der Waals surface area contributed by atoms with E-state index >= 15 is 0 Å². The van der Waals surface area contributed by atoms with Crippen LogP contribution >= 0.6 is 11.8 Å². The number of para-hydroxylation sites is 2. The second-order valence-corrected chi connectivity index (χ2v) is 8.49. The normalized spacial score (nSPS) is 11.1. The molecule has 34 heavy (non-hydrogen) atoms. The number of anilines is 3. The van der Waals surface area contributed by atoms with Crippen molar-refractivity contribution < 1.29 is 4.42 Å². The lowest BCUT2D eigenvalue weighted by molar-refractivity contribution is 0.476. The molecule has 3 heterocycles. The van der Waals surface area contributed by atoms with Gasteiger partial charge in [0, 0.05) is 5.69 Å². The summed E-state index contributed by atoms with van der Waals surface area (Å²) in [6.45, 7) is 2.26. The highest BCUT2D eigenvalue weighted by Gasteiger charge is 2.15. The van der Waals surface area contributed by atoms with Crippen LogP contribution < -0.4 is 16.6 Å². The predicted octanol–water partition coefficient (Wildman–Crippen LogP) is 4.15. The van der Waals surface area contributed by atoms with Crippen molar-refractivity contribution in [2.45, 2.75) is 24.4 Å². The number of nitrogens with two attached hydrogens (primary N) is 1. The van der Waals surface area contributed by atoms with Crippen molar-refractivity contribution in [3.05, 3.63) is 94.4 Å². The number of thioether (sulfide) groups is 1. The van der Waals surface area contributed by atoms with E-state index in [2.05, 4.69) is 20.3 Å². The first-order chi connectivity index (χ1) is 16.6. The minimum Gasteiger partial charge on any atom is -0.467 e. The molecule has 0 amide bonds. The minimum atomic E-state index is -0.137. The SMILES string of the molecule is Cc1ccccc1Nc1nc(N)nc(CSc2nc3ccccc3c(=O)n2Cc2ccco2)n1. The van der Waals surface area contributed by atoms with Gasteiger partial charge in [0.05, 0.1) is 29.5 Å². The molecule has 5 rings (SSSR count). The highest BCUT2D eigenvalue weighted by molar-refractivity contribution is 7.98. The van der Waals surface area contributed by atoms with Crippen molar-refractivity contribution in [2.24, 2.45) is 0 Å². The standard InChI is InChI=1S/C24H21N7O2S/c1-15-7-2-4-10-18(15)26-23-29-20(28-22(25)30-23)14-34-24-27-19-11-5-3-9-17(19)21(32)31(24)13-16-8-6-12-33-16/h2-12H,13-14H2,1H3,(H3,25,26,28,29,30). The van der Waals surface area contributed by atoms with Crippen LogP contribution in [0.15, 0.2) is 81.3 Å². The minimum absolute atomic E-state index is 0.112. The molecule has 9 nitrogen and oxygen atoms in total. The highest BCUT2D eigenvalue weighted by atomic mass is 32.2.